The van der Waals surface area contributed by atoms with Crippen LogP contribution in [-0.2, 0) is 9.59 Å². The van der Waals surface area contributed by atoms with E-state index in [2.05, 4.69) is 10.6 Å². The second-order valence-electron chi connectivity index (χ2n) is 7.69. The normalized spacial score (nSPS) is 10.8. The first kappa shape index (κ1) is 28.0. The molecule has 0 aliphatic heterocycles. The molecule has 196 valence electrons. The van der Waals surface area contributed by atoms with E-state index >= 15 is 0 Å². The standard InChI is InChI=1S/C28H25ClFN3O5/c1-3-36-23-11-9-22(10-12-23)33-28(35)19(16-31)13-18-14-24(29)27(25(15-18)37-4-2)38-17-26(34)32-21-7-5-20(30)6-8-21/h5-15H,3-4,17H2,1-2H3,(H,32,34)(H,33,35)/b19-13+. The minimum absolute atomic E-state index is 0.112. The van der Waals surface area contributed by atoms with E-state index in [1.54, 1.807) is 37.3 Å². The van der Waals surface area contributed by atoms with Gasteiger partial charge in [0.05, 0.1) is 18.2 Å². The summed E-state index contributed by atoms with van der Waals surface area (Å²) in [6.45, 7) is 4.03. The Labute approximate surface area is 224 Å². The van der Waals surface area contributed by atoms with Gasteiger partial charge in [-0.1, -0.05) is 11.6 Å². The summed E-state index contributed by atoms with van der Waals surface area (Å²) in [6, 6.07) is 17.0. The molecule has 0 saturated heterocycles. The van der Waals surface area contributed by atoms with Crippen LogP contribution in [0.4, 0.5) is 15.8 Å². The number of nitrogens with one attached hydrogen (secondary N) is 2. The van der Waals surface area contributed by atoms with Gasteiger partial charge in [-0.3, -0.25) is 9.59 Å². The number of nitrogens with zero attached hydrogens (tertiary/aromatic N) is 1. The van der Waals surface area contributed by atoms with Crippen LogP contribution in [0.15, 0.2) is 66.2 Å². The molecule has 10 heteroatoms. The van der Waals surface area contributed by atoms with Crippen LogP contribution in [0, 0.1) is 17.1 Å². The lowest BCUT2D eigenvalue weighted by Gasteiger charge is -2.14. The average Bonchev–Trinajstić information content (AvgIpc) is 2.89. The Morgan fingerprint density at radius 3 is 2.21 bits per heavy atom. The number of hydrogen-bond donors (Lipinski definition) is 2. The first-order valence-corrected chi connectivity index (χ1v) is 12.0. The molecule has 8 nitrogen and oxygen atoms in total. The number of nitriles is 1. The van der Waals surface area contributed by atoms with Crippen LogP contribution < -0.4 is 24.8 Å². The Balaban J connectivity index is 1.74. The third-order valence-electron chi connectivity index (χ3n) is 4.91. The number of carbonyl (C=O) groups is 2. The molecule has 38 heavy (non-hydrogen) atoms. The number of hydrogen-bond acceptors (Lipinski definition) is 6. The van der Waals surface area contributed by atoms with Gasteiger partial charge < -0.3 is 24.8 Å². The topological polar surface area (TPSA) is 110 Å². The van der Waals surface area contributed by atoms with E-state index < -0.39 is 17.6 Å². The zero-order chi connectivity index (χ0) is 27.5. The fraction of sp³-hybridized carbons (Fsp3) is 0.179. The predicted molar refractivity (Wildman–Crippen MR) is 143 cm³/mol. The van der Waals surface area contributed by atoms with Crippen molar-refractivity contribution in [3.05, 3.63) is 82.6 Å². The summed E-state index contributed by atoms with van der Waals surface area (Å²) in [6.07, 6.45) is 1.36. The Kier molecular flexibility index (Phi) is 10.1. The molecule has 0 aliphatic rings. The first-order valence-electron chi connectivity index (χ1n) is 11.6. The molecule has 0 heterocycles. The van der Waals surface area contributed by atoms with Crippen LogP contribution in [0.1, 0.15) is 19.4 Å². The van der Waals surface area contributed by atoms with E-state index in [0.717, 1.165) is 0 Å². The van der Waals surface area contributed by atoms with E-state index in [1.807, 2.05) is 13.0 Å². The van der Waals surface area contributed by atoms with Crippen molar-refractivity contribution in [3.8, 4) is 23.3 Å². The summed E-state index contributed by atoms with van der Waals surface area (Å²) in [4.78, 5) is 24.9. The smallest absolute Gasteiger partial charge is 0.266 e. The quantitative estimate of drug-likeness (QED) is 0.235. The van der Waals surface area contributed by atoms with E-state index in [9.17, 15) is 19.2 Å². The zero-order valence-electron chi connectivity index (χ0n) is 20.7. The molecule has 3 aromatic rings. The fourth-order valence-electron chi connectivity index (χ4n) is 3.26. The Bertz CT molecular complexity index is 1350. The van der Waals surface area contributed by atoms with E-state index in [4.69, 9.17) is 25.8 Å². The first-order chi connectivity index (χ1) is 18.3. The largest absolute Gasteiger partial charge is 0.494 e. The molecule has 0 fully saturated rings. The molecule has 0 atom stereocenters. The summed E-state index contributed by atoms with van der Waals surface area (Å²) in [5.41, 5.74) is 1.16. The molecule has 0 saturated carbocycles. The van der Waals surface area contributed by atoms with Crippen molar-refractivity contribution in [2.75, 3.05) is 30.5 Å². The van der Waals surface area contributed by atoms with Crippen LogP contribution in [-0.4, -0.2) is 31.6 Å². The summed E-state index contributed by atoms with van der Waals surface area (Å²) in [5, 5.41) is 14.9. The zero-order valence-corrected chi connectivity index (χ0v) is 21.5. The third-order valence-corrected chi connectivity index (χ3v) is 5.19. The fourth-order valence-corrected chi connectivity index (χ4v) is 3.53. The van der Waals surface area contributed by atoms with Gasteiger partial charge in [0.25, 0.3) is 11.8 Å². The van der Waals surface area contributed by atoms with Crippen molar-refractivity contribution in [2.24, 2.45) is 0 Å². The highest BCUT2D eigenvalue weighted by atomic mass is 35.5. The molecule has 0 spiro atoms. The van der Waals surface area contributed by atoms with Crippen molar-refractivity contribution in [1.29, 1.82) is 5.26 Å². The van der Waals surface area contributed by atoms with Gasteiger partial charge in [-0.15, -0.1) is 0 Å². The van der Waals surface area contributed by atoms with Crippen molar-refractivity contribution < 1.29 is 28.2 Å². The Morgan fingerprint density at radius 2 is 1.58 bits per heavy atom. The van der Waals surface area contributed by atoms with E-state index in [-0.39, 0.29) is 35.3 Å². The predicted octanol–water partition coefficient (Wildman–Crippen LogP) is 5.84. The molecular formula is C28H25ClFN3O5. The monoisotopic (exact) mass is 537 g/mol. The molecule has 0 aromatic heterocycles. The van der Waals surface area contributed by atoms with Crippen molar-refractivity contribution in [3.63, 3.8) is 0 Å². The lowest BCUT2D eigenvalue weighted by Crippen LogP contribution is -2.20. The molecule has 2 N–H and O–H groups in total. The average molecular weight is 538 g/mol. The van der Waals surface area contributed by atoms with Crippen molar-refractivity contribution >= 4 is 40.9 Å². The molecule has 0 aliphatic carbocycles. The number of amides is 2. The van der Waals surface area contributed by atoms with Crippen LogP contribution in [0.3, 0.4) is 0 Å². The highest BCUT2D eigenvalue weighted by Crippen LogP contribution is 2.37. The highest BCUT2D eigenvalue weighted by molar-refractivity contribution is 6.32. The maximum absolute atomic E-state index is 13.1. The molecule has 0 bridgehead atoms. The van der Waals surface area contributed by atoms with Gasteiger partial charge in [0, 0.05) is 11.4 Å². The maximum atomic E-state index is 13.1. The molecule has 0 radical (unpaired) electrons. The third kappa shape index (κ3) is 7.98. The van der Waals surface area contributed by atoms with Gasteiger partial charge in [0.1, 0.15) is 23.2 Å². The number of carbonyl (C=O) groups excluding carboxylic acids is 2. The lowest BCUT2D eigenvalue weighted by molar-refractivity contribution is -0.118. The summed E-state index contributed by atoms with van der Waals surface area (Å²) >= 11 is 6.40. The second-order valence-corrected chi connectivity index (χ2v) is 8.10. The van der Waals surface area contributed by atoms with Crippen LogP contribution in [0.25, 0.3) is 6.08 Å². The molecular weight excluding hydrogens is 513 g/mol. The summed E-state index contributed by atoms with van der Waals surface area (Å²) < 4.78 is 29.7. The Morgan fingerprint density at radius 1 is 0.947 bits per heavy atom. The molecule has 2 amide bonds. The Hall–Kier alpha value is -4.55. The number of halogens is 2. The van der Waals surface area contributed by atoms with Gasteiger partial charge in [-0.05, 0) is 86.2 Å². The van der Waals surface area contributed by atoms with Crippen LogP contribution in [0.5, 0.6) is 17.2 Å². The van der Waals surface area contributed by atoms with Crippen LogP contribution >= 0.6 is 11.6 Å². The number of ether oxygens (including phenoxy) is 3. The minimum atomic E-state index is -0.608. The molecule has 3 rings (SSSR count). The molecule has 3 aromatic carbocycles. The van der Waals surface area contributed by atoms with Crippen LogP contribution in [0.2, 0.25) is 5.02 Å². The SMILES string of the molecule is CCOc1ccc(NC(=O)/C(C#N)=C/c2cc(Cl)c(OCC(=O)Nc3ccc(F)cc3)c(OCC)c2)cc1. The second kappa shape index (κ2) is 13.7. The van der Waals surface area contributed by atoms with Gasteiger partial charge in [-0.2, -0.15) is 5.26 Å². The number of rotatable bonds is 11. The van der Waals surface area contributed by atoms with Gasteiger partial charge in [-0.25, -0.2) is 4.39 Å². The summed E-state index contributed by atoms with van der Waals surface area (Å²) in [5.74, 6) is -0.507. The van der Waals surface area contributed by atoms with E-state index in [1.165, 1.54) is 36.4 Å². The highest BCUT2D eigenvalue weighted by Gasteiger charge is 2.16. The molecule has 0 unspecified atom stereocenters. The lowest BCUT2D eigenvalue weighted by atomic mass is 10.1. The number of benzene rings is 3. The minimum Gasteiger partial charge on any atom is -0.494 e. The summed E-state index contributed by atoms with van der Waals surface area (Å²) in [7, 11) is 0. The van der Waals surface area contributed by atoms with Crippen molar-refractivity contribution in [2.45, 2.75) is 13.8 Å². The number of anilines is 2. The van der Waals surface area contributed by atoms with Gasteiger partial charge >= 0.3 is 0 Å². The van der Waals surface area contributed by atoms with Gasteiger partial charge in [0.2, 0.25) is 0 Å². The van der Waals surface area contributed by atoms with Crippen molar-refractivity contribution in [1.82, 2.24) is 0 Å². The van der Waals surface area contributed by atoms with E-state index in [0.29, 0.717) is 29.3 Å². The maximum Gasteiger partial charge on any atom is 0.266 e. The van der Waals surface area contributed by atoms with Gasteiger partial charge in [0.15, 0.2) is 18.1 Å².